The standard InChI is InChI=1S/C16H20N2O2/c1-12-9-10-13-6-5-7-14(16(13)17-12)18-15(19)8-3-4-11-20-2/h5-7,9-10H,3-4,8,11H2,1-2H3,(H,18,19). The Bertz CT molecular complexity index is 596. The predicted molar refractivity (Wildman–Crippen MR) is 80.8 cm³/mol. The molecule has 0 saturated carbocycles. The molecule has 0 radical (unpaired) electrons. The first kappa shape index (κ1) is 14.5. The van der Waals surface area contributed by atoms with Gasteiger partial charge in [0.15, 0.2) is 0 Å². The van der Waals surface area contributed by atoms with Gasteiger partial charge in [-0.1, -0.05) is 18.2 Å². The van der Waals surface area contributed by atoms with Crippen molar-refractivity contribution in [1.29, 1.82) is 0 Å². The van der Waals surface area contributed by atoms with E-state index in [4.69, 9.17) is 4.74 Å². The van der Waals surface area contributed by atoms with Crippen LogP contribution in [0.5, 0.6) is 0 Å². The fraction of sp³-hybridized carbons (Fsp3) is 0.375. The molecule has 1 aromatic carbocycles. The van der Waals surface area contributed by atoms with Crippen molar-refractivity contribution in [3.8, 4) is 0 Å². The van der Waals surface area contributed by atoms with Crippen molar-refractivity contribution in [3.63, 3.8) is 0 Å². The van der Waals surface area contributed by atoms with Crippen LogP contribution in [0.3, 0.4) is 0 Å². The van der Waals surface area contributed by atoms with E-state index >= 15 is 0 Å². The van der Waals surface area contributed by atoms with E-state index in [9.17, 15) is 4.79 Å². The molecule has 1 aromatic heterocycles. The third kappa shape index (κ3) is 3.78. The van der Waals surface area contributed by atoms with Crippen molar-refractivity contribution in [2.24, 2.45) is 0 Å². The van der Waals surface area contributed by atoms with Crippen molar-refractivity contribution in [2.45, 2.75) is 26.2 Å². The largest absolute Gasteiger partial charge is 0.385 e. The van der Waals surface area contributed by atoms with Crippen LogP contribution in [0, 0.1) is 6.92 Å². The summed E-state index contributed by atoms with van der Waals surface area (Å²) in [5.41, 5.74) is 2.57. The van der Waals surface area contributed by atoms with Gasteiger partial charge in [-0.05, 0) is 31.9 Å². The van der Waals surface area contributed by atoms with Gasteiger partial charge in [0.05, 0.1) is 11.2 Å². The van der Waals surface area contributed by atoms with Crippen LogP contribution in [0.15, 0.2) is 30.3 Å². The van der Waals surface area contributed by atoms with Gasteiger partial charge >= 0.3 is 0 Å². The zero-order valence-electron chi connectivity index (χ0n) is 12.0. The number of carbonyl (C=O) groups excluding carboxylic acids is 1. The highest BCUT2D eigenvalue weighted by Gasteiger charge is 2.06. The number of methoxy groups -OCH3 is 1. The Balaban J connectivity index is 2.05. The molecule has 4 nitrogen and oxygen atoms in total. The molecule has 0 aliphatic rings. The van der Waals surface area contributed by atoms with Gasteiger partial charge in [-0.3, -0.25) is 9.78 Å². The van der Waals surface area contributed by atoms with Crippen LogP contribution >= 0.6 is 0 Å². The first-order chi connectivity index (χ1) is 9.70. The lowest BCUT2D eigenvalue weighted by Gasteiger charge is -2.08. The maximum absolute atomic E-state index is 11.9. The second-order valence-corrected chi connectivity index (χ2v) is 4.83. The number of aryl methyl sites for hydroxylation is 1. The monoisotopic (exact) mass is 272 g/mol. The molecule has 20 heavy (non-hydrogen) atoms. The summed E-state index contributed by atoms with van der Waals surface area (Å²) in [7, 11) is 1.67. The van der Waals surface area contributed by atoms with Gasteiger partial charge in [0, 0.05) is 31.2 Å². The molecule has 0 aliphatic heterocycles. The summed E-state index contributed by atoms with van der Waals surface area (Å²) >= 11 is 0. The number of fused-ring (bicyclic) bond motifs is 1. The van der Waals surface area contributed by atoms with Crippen LogP contribution in [-0.2, 0) is 9.53 Å². The average Bonchev–Trinajstić information content (AvgIpc) is 2.44. The van der Waals surface area contributed by atoms with Gasteiger partial charge < -0.3 is 10.1 Å². The summed E-state index contributed by atoms with van der Waals surface area (Å²) < 4.78 is 4.97. The number of aromatic nitrogens is 1. The molecule has 0 aliphatic carbocycles. The molecule has 0 saturated heterocycles. The third-order valence-corrected chi connectivity index (χ3v) is 3.14. The van der Waals surface area contributed by atoms with Crippen LogP contribution in [0.25, 0.3) is 10.9 Å². The maximum Gasteiger partial charge on any atom is 0.224 e. The minimum absolute atomic E-state index is 0.0249. The lowest BCUT2D eigenvalue weighted by molar-refractivity contribution is -0.116. The molecular formula is C16H20N2O2. The van der Waals surface area contributed by atoms with Gasteiger partial charge in [0.25, 0.3) is 0 Å². The molecule has 0 atom stereocenters. The number of unbranched alkanes of at least 4 members (excludes halogenated alkanes) is 1. The van der Waals surface area contributed by atoms with E-state index in [2.05, 4.69) is 10.3 Å². The number of pyridine rings is 1. The molecule has 0 unspecified atom stereocenters. The van der Waals surface area contributed by atoms with Crippen molar-refractivity contribution < 1.29 is 9.53 Å². The highest BCUT2D eigenvalue weighted by molar-refractivity contribution is 6.00. The molecule has 0 spiro atoms. The molecule has 0 fully saturated rings. The predicted octanol–water partition coefficient (Wildman–Crippen LogP) is 3.30. The van der Waals surface area contributed by atoms with Crippen LogP contribution in [0.2, 0.25) is 0 Å². The Hall–Kier alpha value is -1.94. The Morgan fingerprint density at radius 3 is 2.90 bits per heavy atom. The van der Waals surface area contributed by atoms with E-state index in [1.807, 2.05) is 37.3 Å². The Labute approximate surface area is 119 Å². The molecule has 1 N–H and O–H groups in total. The van der Waals surface area contributed by atoms with Crippen LogP contribution < -0.4 is 5.32 Å². The van der Waals surface area contributed by atoms with Gasteiger partial charge in [0.2, 0.25) is 5.91 Å². The van der Waals surface area contributed by atoms with Gasteiger partial charge in [-0.2, -0.15) is 0 Å². The number of nitrogens with one attached hydrogen (secondary N) is 1. The fourth-order valence-corrected chi connectivity index (χ4v) is 2.09. The topological polar surface area (TPSA) is 51.2 Å². The van der Waals surface area contributed by atoms with E-state index in [-0.39, 0.29) is 5.91 Å². The summed E-state index contributed by atoms with van der Waals surface area (Å²) in [5, 5.41) is 3.98. The zero-order valence-corrected chi connectivity index (χ0v) is 12.0. The fourth-order valence-electron chi connectivity index (χ4n) is 2.09. The van der Waals surface area contributed by atoms with Gasteiger partial charge in [-0.15, -0.1) is 0 Å². The highest BCUT2D eigenvalue weighted by atomic mass is 16.5. The maximum atomic E-state index is 11.9. The van der Waals surface area contributed by atoms with Crippen molar-refractivity contribution >= 4 is 22.5 Å². The number of nitrogens with zero attached hydrogens (tertiary/aromatic N) is 1. The molecule has 2 rings (SSSR count). The van der Waals surface area contributed by atoms with Crippen molar-refractivity contribution in [2.75, 3.05) is 19.0 Å². The van der Waals surface area contributed by atoms with E-state index in [1.165, 1.54) is 0 Å². The lowest BCUT2D eigenvalue weighted by Crippen LogP contribution is -2.12. The summed E-state index contributed by atoms with van der Waals surface area (Å²) in [5.74, 6) is 0.0249. The zero-order chi connectivity index (χ0) is 14.4. The van der Waals surface area contributed by atoms with Crippen molar-refractivity contribution in [3.05, 3.63) is 36.0 Å². The molecular weight excluding hydrogens is 252 g/mol. The van der Waals surface area contributed by atoms with E-state index in [0.29, 0.717) is 13.0 Å². The number of anilines is 1. The first-order valence-electron chi connectivity index (χ1n) is 6.86. The number of para-hydroxylation sites is 1. The van der Waals surface area contributed by atoms with Crippen LogP contribution in [0.4, 0.5) is 5.69 Å². The van der Waals surface area contributed by atoms with Crippen LogP contribution in [-0.4, -0.2) is 24.6 Å². The molecule has 106 valence electrons. The number of carbonyl (C=O) groups is 1. The number of hydrogen-bond acceptors (Lipinski definition) is 3. The Morgan fingerprint density at radius 1 is 1.25 bits per heavy atom. The smallest absolute Gasteiger partial charge is 0.224 e. The molecule has 1 amide bonds. The Morgan fingerprint density at radius 2 is 2.10 bits per heavy atom. The second kappa shape index (κ2) is 7.01. The average molecular weight is 272 g/mol. The van der Waals surface area contributed by atoms with Gasteiger partial charge in [0.1, 0.15) is 0 Å². The van der Waals surface area contributed by atoms with Gasteiger partial charge in [-0.25, -0.2) is 0 Å². The molecule has 4 heteroatoms. The molecule has 2 aromatic rings. The summed E-state index contributed by atoms with van der Waals surface area (Å²) in [6.45, 7) is 2.64. The number of benzene rings is 1. The summed E-state index contributed by atoms with van der Waals surface area (Å²) in [6.07, 6.45) is 2.24. The number of amides is 1. The SMILES string of the molecule is COCCCCC(=O)Nc1cccc2ccc(C)nc12. The van der Waals surface area contributed by atoms with E-state index < -0.39 is 0 Å². The number of ether oxygens (including phenoxy) is 1. The summed E-state index contributed by atoms with van der Waals surface area (Å²) in [6, 6.07) is 9.81. The van der Waals surface area contributed by atoms with Crippen LogP contribution in [0.1, 0.15) is 25.0 Å². The normalized spacial score (nSPS) is 10.7. The first-order valence-corrected chi connectivity index (χ1v) is 6.86. The van der Waals surface area contributed by atoms with Crippen molar-refractivity contribution in [1.82, 2.24) is 4.98 Å². The number of rotatable bonds is 6. The quantitative estimate of drug-likeness (QED) is 0.821. The molecule has 1 heterocycles. The highest BCUT2D eigenvalue weighted by Crippen LogP contribution is 2.22. The van der Waals surface area contributed by atoms with E-state index in [0.717, 1.165) is 35.1 Å². The minimum atomic E-state index is 0.0249. The van der Waals surface area contributed by atoms with E-state index in [1.54, 1.807) is 7.11 Å². The third-order valence-electron chi connectivity index (χ3n) is 3.14. The lowest BCUT2D eigenvalue weighted by atomic mass is 10.1. The number of hydrogen-bond donors (Lipinski definition) is 1. The molecule has 0 bridgehead atoms. The minimum Gasteiger partial charge on any atom is -0.385 e. The second-order valence-electron chi connectivity index (χ2n) is 4.83. The summed E-state index contributed by atoms with van der Waals surface area (Å²) in [4.78, 5) is 16.4. The Kier molecular flexibility index (Phi) is 5.07.